The third-order valence-corrected chi connectivity index (χ3v) is 6.09. The Morgan fingerprint density at radius 3 is 2.79 bits per heavy atom. The van der Waals surface area contributed by atoms with Crippen LogP contribution in [-0.4, -0.2) is 78.5 Å². The van der Waals surface area contributed by atoms with Gasteiger partial charge in [0.05, 0.1) is 30.6 Å². The highest BCUT2D eigenvalue weighted by molar-refractivity contribution is 5.74. The largest absolute Gasteiger partial charge is 0.390 e. The number of hydrogen-bond donors (Lipinski definition) is 1. The predicted octanol–water partition coefficient (Wildman–Crippen LogP) is 1.05. The summed E-state index contributed by atoms with van der Waals surface area (Å²) >= 11 is 0. The van der Waals surface area contributed by atoms with Crippen molar-refractivity contribution < 1.29 is 9.84 Å². The van der Waals surface area contributed by atoms with Crippen molar-refractivity contribution in [2.75, 3.05) is 33.9 Å². The summed E-state index contributed by atoms with van der Waals surface area (Å²) < 4.78 is 10.6. The third kappa shape index (κ3) is 3.96. The number of aliphatic hydroxyl groups excluding tert-OH is 1. The molecule has 1 N–H and O–H groups in total. The number of fused-ring (bicyclic) bond motifs is 2. The molecule has 1 atom stereocenters. The van der Waals surface area contributed by atoms with Gasteiger partial charge in [-0.25, -0.2) is 19.7 Å². The maximum atomic E-state index is 13.5. The van der Waals surface area contributed by atoms with Crippen LogP contribution in [0.3, 0.4) is 0 Å². The third-order valence-electron chi connectivity index (χ3n) is 6.09. The SMILES string of the molecule is CN(C)C[C@@H](O)Cn1c(=O)n(C2CCOCC2)c2nc(-c3cnc4ccc(C#N)cn34)ncc21. The molecule has 0 aromatic carbocycles. The molecule has 5 rings (SSSR count). The highest BCUT2D eigenvalue weighted by Gasteiger charge is 2.26. The zero-order chi connectivity index (χ0) is 23.8. The van der Waals surface area contributed by atoms with Gasteiger partial charge in [-0.2, -0.15) is 5.26 Å². The fraction of sp³-hybridized carbons (Fsp3) is 0.435. The maximum absolute atomic E-state index is 13.5. The minimum atomic E-state index is -0.718. The Morgan fingerprint density at radius 1 is 1.26 bits per heavy atom. The standard InChI is InChI=1S/C23H26N8O3/c1-28(2)13-17(32)14-30-19-11-26-21(18-10-25-20-4-3-15(9-24)12-29(18)20)27-22(19)31(23(30)33)16-5-7-34-8-6-16/h3-4,10-12,16-17,32H,5-8,13-14H2,1-2H3/t17-/m1/s1. The summed E-state index contributed by atoms with van der Waals surface area (Å²) in [6, 6.07) is 5.56. The monoisotopic (exact) mass is 462 g/mol. The van der Waals surface area contributed by atoms with E-state index in [1.807, 2.05) is 19.0 Å². The minimum Gasteiger partial charge on any atom is -0.390 e. The number of nitriles is 1. The molecule has 0 spiro atoms. The average molecular weight is 463 g/mol. The second kappa shape index (κ2) is 8.98. The molecule has 0 unspecified atom stereocenters. The Kier molecular flexibility index (Phi) is 5.87. The van der Waals surface area contributed by atoms with Crippen molar-refractivity contribution in [2.24, 2.45) is 0 Å². The van der Waals surface area contributed by atoms with E-state index in [0.29, 0.717) is 66.5 Å². The molecule has 1 saturated heterocycles. The van der Waals surface area contributed by atoms with E-state index in [0.717, 1.165) is 0 Å². The zero-order valence-corrected chi connectivity index (χ0v) is 19.1. The summed E-state index contributed by atoms with van der Waals surface area (Å²) in [5.41, 5.74) is 2.67. The summed E-state index contributed by atoms with van der Waals surface area (Å²) in [5.74, 6) is 0.405. The molecule has 11 nitrogen and oxygen atoms in total. The highest BCUT2D eigenvalue weighted by Crippen LogP contribution is 2.26. The van der Waals surface area contributed by atoms with Crippen LogP contribution in [0.25, 0.3) is 28.3 Å². The Bertz CT molecular complexity index is 1440. The molecule has 1 fully saturated rings. The molecule has 4 aromatic heterocycles. The van der Waals surface area contributed by atoms with Crippen LogP contribution >= 0.6 is 0 Å². The van der Waals surface area contributed by atoms with Gasteiger partial charge in [0, 0.05) is 32.0 Å². The van der Waals surface area contributed by atoms with Crippen LogP contribution in [0.4, 0.5) is 0 Å². The first-order valence-electron chi connectivity index (χ1n) is 11.2. The Morgan fingerprint density at radius 2 is 2.06 bits per heavy atom. The number of aliphatic hydroxyl groups is 1. The van der Waals surface area contributed by atoms with Gasteiger partial charge in [0.2, 0.25) is 0 Å². The topological polar surface area (TPSA) is 126 Å². The van der Waals surface area contributed by atoms with Gasteiger partial charge in [-0.05, 0) is 39.1 Å². The van der Waals surface area contributed by atoms with Crippen molar-refractivity contribution in [3.63, 3.8) is 0 Å². The summed E-state index contributed by atoms with van der Waals surface area (Å²) in [4.78, 5) is 29.2. The van der Waals surface area contributed by atoms with Gasteiger partial charge in [0.15, 0.2) is 11.5 Å². The molecule has 34 heavy (non-hydrogen) atoms. The van der Waals surface area contributed by atoms with Crippen LogP contribution in [0.15, 0.2) is 35.5 Å². The van der Waals surface area contributed by atoms with Gasteiger partial charge >= 0.3 is 5.69 Å². The lowest BCUT2D eigenvalue weighted by Crippen LogP contribution is -2.35. The van der Waals surface area contributed by atoms with Crippen molar-refractivity contribution in [2.45, 2.75) is 31.5 Å². The second-order valence-electron chi connectivity index (χ2n) is 8.83. The molecule has 11 heteroatoms. The quantitative estimate of drug-likeness (QED) is 0.451. The normalized spacial score (nSPS) is 15.9. The summed E-state index contributed by atoms with van der Waals surface area (Å²) in [6.45, 7) is 1.73. The number of rotatable bonds is 6. The number of likely N-dealkylation sites (N-methyl/N-ethyl adjacent to an activating group) is 1. The van der Waals surface area contributed by atoms with Gasteiger partial charge in [0.25, 0.3) is 0 Å². The fourth-order valence-electron chi connectivity index (χ4n) is 4.53. The lowest BCUT2D eigenvalue weighted by atomic mass is 10.1. The molecule has 4 aromatic rings. The van der Waals surface area contributed by atoms with Crippen LogP contribution in [0.1, 0.15) is 24.4 Å². The van der Waals surface area contributed by atoms with E-state index in [1.165, 1.54) is 0 Å². The van der Waals surface area contributed by atoms with E-state index >= 15 is 0 Å². The summed E-state index contributed by atoms with van der Waals surface area (Å²) in [6.07, 6.45) is 5.68. The maximum Gasteiger partial charge on any atom is 0.330 e. The molecular weight excluding hydrogens is 436 g/mol. The van der Waals surface area contributed by atoms with Crippen molar-refractivity contribution >= 4 is 16.8 Å². The number of ether oxygens (including phenoxy) is 1. The molecule has 176 valence electrons. The van der Waals surface area contributed by atoms with Gasteiger partial charge in [-0.1, -0.05) is 0 Å². The predicted molar refractivity (Wildman–Crippen MR) is 124 cm³/mol. The van der Waals surface area contributed by atoms with Crippen LogP contribution < -0.4 is 5.69 Å². The first kappa shape index (κ1) is 22.2. The molecule has 1 aliphatic heterocycles. The van der Waals surface area contributed by atoms with Crippen LogP contribution in [0.5, 0.6) is 0 Å². The summed E-state index contributed by atoms with van der Waals surface area (Å²) in [5, 5.41) is 19.8. The molecular formula is C23H26N8O3. The lowest BCUT2D eigenvalue weighted by Gasteiger charge is -2.23. The molecule has 0 aliphatic carbocycles. The number of hydrogen-bond acceptors (Lipinski definition) is 8. The lowest BCUT2D eigenvalue weighted by molar-refractivity contribution is 0.0690. The first-order chi connectivity index (χ1) is 16.5. The minimum absolute atomic E-state index is 0.0499. The molecule has 0 bridgehead atoms. The fourth-order valence-corrected chi connectivity index (χ4v) is 4.53. The molecule has 0 radical (unpaired) electrons. The Hall–Kier alpha value is -3.59. The number of nitrogens with zero attached hydrogens (tertiary/aromatic N) is 8. The molecule has 0 saturated carbocycles. The summed E-state index contributed by atoms with van der Waals surface area (Å²) in [7, 11) is 3.75. The average Bonchev–Trinajstić information content (AvgIpc) is 3.37. The second-order valence-corrected chi connectivity index (χ2v) is 8.83. The van der Waals surface area contributed by atoms with Crippen LogP contribution in [-0.2, 0) is 11.3 Å². The van der Waals surface area contributed by atoms with Gasteiger partial charge in [-0.3, -0.25) is 13.5 Å². The van der Waals surface area contributed by atoms with Crippen molar-refractivity contribution in [1.29, 1.82) is 5.26 Å². The number of imidazole rings is 2. The first-order valence-corrected chi connectivity index (χ1v) is 11.2. The van der Waals surface area contributed by atoms with Gasteiger partial charge in [-0.15, -0.1) is 0 Å². The highest BCUT2D eigenvalue weighted by atomic mass is 16.5. The number of pyridine rings is 1. The van der Waals surface area contributed by atoms with E-state index in [1.54, 1.807) is 44.3 Å². The zero-order valence-electron chi connectivity index (χ0n) is 19.1. The van der Waals surface area contributed by atoms with E-state index in [-0.39, 0.29) is 18.3 Å². The van der Waals surface area contributed by atoms with Gasteiger partial charge in [0.1, 0.15) is 22.9 Å². The van der Waals surface area contributed by atoms with Crippen LogP contribution in [0.2, 0.25) is 0 Å². The smallest absolute Gasteiger partial charge is 0.330 e. The van der Waals surface area contributed by atoms with E-state index in [4.69, 9.17) is 9.72 Å². The van der Waals surface area contributed by atoms with Crippen molar-refractivity contribution in [1.82, 2.24) is 33.4 Å². The van der Waals surface area contributed by atoms with Crippen molar-refractivity contribution in [3.05, 3.63) is 46.8 Å². The van der Waals surface area contributed by atoms with Gasteiger partial charge < -0.3 is 14.7 Å². The number of aromatic nitrogens is 6. The van der Waals surface area contributed by atoms with Crippen molar-refractivity contribution in [3.8, 4) is 17.6 Å². The van der Waals surface area contributed by atoms with Crippen LogP contribution in [0, 0.1) is 11.3 Å². The van der Waals surface area contributed by atoms with E-state index < -0.39 is 6.10 Å². The Labute approximate surface area is 195 Å². The van der Waals surface area contributed by atoms with E-state index in [2.05, 4.69) is 16.0 Å². The molecule has 0 amide bonds. The molecule has 5 heterocycles. The Balaban J connectivity index is 1.66. The van der Waals surface area contributed by atoms with E-state index in [9.17, 15) is 15.2 Å². The molecule has 1 aliphatic rings.